The van der Waals surface area contributed by atoms with Crippen molar-refractivity contribution < 1.29 is 28.4 Å². The molecule has 0 N–H and O–H groups in total. The first-order valence-corrected chi connectivity index (χ1v) is 9.53. The van der Waals surface area contributed by atoms with Crippen LogP contribution in [0.1, 0.15) is 33.6 Å². The third-order valence-corrected chi connectivity index (χ3v) is 4.71. The van der Waals surface area contributed by atoms with Gasteiger partial charge in [0.2, 0.25) is 0 Å². The van der Waals surface area contributed by atoms with Gasteiger partial charge in [-0.3, -0.25) is 14.9 Å². The van der Waals surface area contributed by atoms with Gasteiger partial charge in [0.25, 0.3) is 5.69 Å². The second-order valence-corrected chi connectivity index (χ2v) is 6.73. The Bertz CT molecular complexity index is 926. The van der Waals surface area contributed by atoms with E-state index in [0.29, 0.717) is 37.6 Å². The second-order valence-electron chi connectivity index (χ2n) is 6.73. The van der Waals surface area contributed by atoms with Gasteiger partial charge in [0.05, 0.1) is 30.3 Å². The number of nitro groups is 1. The van der Waals surface area contributed by atoms with Crippen molar-refractivity contribution in [1.29, 1.82) is 0 Å². The number of benzene rings is 2. The Morgan fingerprint density at radius 2 is 1.77 bits per heavy atom. The molecule has 0 aliphatic carbocycles. The molecule has 1 saturated heterocycles. The number of rotatable bonds is 8. The van der Waals surface area contributed by atoms with Crippen molar-refractivity contribution in [1.82, 2.24) is 0 Å². The van der Waals surface area contributed by atoms with E-state index in [0.717, 1.165) is 0 Å². The molecule has 0 bridgehead atoms. The third-order valence-electron chi connectivity index (χ3n) is 4.71. The summed E-state index contributed by atoms with van der Waals surface area (Å²) in [7, 11) is 0. The summed E-state index contributed by atoms with van der Waals surface area (Å²) < 4.78 is 23.3. The maximum atomic E-state index is 12.9. The molecule has 30 heavy (non-hydrogen) atoms. The molecule has 1 aliphatic heterocycles. The van der Waals surface area contributed by atoms with Crippen molar-refractivity contribution in [2.45, 2.75) is 12.8 Å². The first-order valence-electron chi connectivity index (χ1n) is 9.53. The molecule has 0 saturated carbocycles. The molecule has 0 aromatic heterocycles. The Hall–Kier alpha value is -3.33. The van der Waals surface area contributed by atoms with Gasteiger partial charge in [0.1, 0.15) is 11.5 Å². The van der Waals surface area contributed by atoms with Crippen LogP contribution >= 0.6 is 0 Å². The van der Waals surface area contributed by atoms with Gasteiger partial charge in [-0.15, -0.1) is 0 Å². The van der Waals surface area contributed by atoms with E-state index < -0.39 is 16.7 Å². The Labute approximate surface area is 172 Å². The molecule has 3 rings (SSSR count). The molecular weight excluding hydrogens is 395 g/mol. The van der Waals surface area contributed by atoms with Crippen LogP contribution in [0.25, 0.3) is 0 Å². The lowest BCUT2D eigenvalue weighted by Gasteiger charge is -2.28. The van der Waals surface area contributed by atoms with Gasteiger partial charge in [0, 0.05) is 31.1 Å². The van der Waals surface area contributed by atoms with Crippen LogP contribution in [0.3, 0.4) is 0 Å². The number of nitro benzene ring substituents is 1. The van der Waals surface area contributed by atoms with Crippen molar-refractivity contribution in [2.24, 2.45) is 0 Å². The maximum Gasteiger partial charge on any atom is 0.338 e. The van der Waals surface area contributed by atoms with Gasteiger partial charge in [-0.25, -0.2) is 9.18 Å². The monoisotopic (exact) mass is 416 g/mol. The van der Waals surface area contributed by atoms with E-state index >= 15 is 0 Å². The van der Waals surface area contributed by atoms with Crippen LogP contribution in [0.2, 0.25) is 0 Å². The Balaban J connectivity index is 1.55. The minimum atomic E-state index is -0.694. The highest BCUT2D eigenvalue weighted by Crippen LogP contribution is 2.30. The summed E-state index contributed by atoms with van der Waals surface area (Å²) in [4.78, 5) is 37.1. The van der Waals surface area contributed by atoms with Gasteiger partial charge < -0.3 is 14.4 Å². The zero-order valence-electron chi connectivity index (χ0n) is 16.2. The Morgan fingerprint density at radius 1 is 1.10 bits per heavy atom. The van der Waals surface area contributed by atoms with Crippen LogP contribution in [0.5, 0.6) is 0 Å². The molecular formula is C21H21FN2O6. The summed E-state index contributed by atoms with van der Waals surface area (Å²) >= 11 is 0. The van der Waals surface area contributed by atoms with Crippen molar-refractivity contribution >= 4 is 23.1 Å². The van der Waals surface area contributed by atoms with Crippen LogP contribution < -0.4 is 4.90 Å². The minimum absolute atomic E-state index is 0.00915. The minimum Gasteiger partial charge on any atom is -0.462 e. The van der Waals surface area contributed by atoms with Crippen LogP contribution in [0.4, 0.5) is 15.8 Å². The van der Waals surface area contributed by atoms with Gasteiger partial charge in [0.15, 0.2) is 5.78 Å². The Kier molecular flexibility index (Phi) is 7.08. The van der Waals surface area contributed by atoms with E-state index in [1.807, 2.05) is 4.90 Å². The quantitative estimate of drug-likeness (QED) is 0.214. The molecule has 0 spiro atoms. The number of halogens is 1. The summed E-state index contributed by atoms with van der Waals surface area (Å²) in [5.41, 5.74) is 0.725. The molecule has 0 atom stereocenters. The molecule has 2 aromatic carbocycles. The first-order chi connectivity index (χ1) is 14.5. The molecule has 1 fully saturated rings. The molecule has 158 valence electrons. The van der Waals surface area contributed by atoms with Gasteiger partial charge in [-0.1, -0.05) is 0 Å². The van der Waals surface area contributed by atoms with Crippen LogP contribution in [-0.4, -0.2) is 49.6 Å². The summed E-state index contributed by atoms with van der Waals surface area (Å²) in [5.74, 6) is -1.30. The molecule has 0 amide bonds. The fourth-order valence-electron chi connectivity index (χ4n) is 3.13. The smallest absolute Gasteiger partial charge is 0.338 e. The number of hydrogen-bond acceptors (Lipinski definition) is 7. The molecule has 1 aliphatic rings. The van der Waals surface area contributed by atoms with Crippen LogP contribution in [0, 0.1) is 15.9 Å². The van der Waals surface area contributed by atoms with E-state index in [-0.39, 0.29) is 36.5 Å². The van der Waals surface area contributed by atoms with Gasteiger partial charge in [-0.2, -0.15) is 0 Å². The summed E-state index contributed by atoms with van der Waals surface area (Å²) in [6, 6.07) is 9.46. The number of morpholine rings is 1. The highest BCUT2D eigenvalue weighted by molar-refractivity contribution is 5.96. The van der Waals surface area contributed by atoms with Crippen LogP contribution in [-0.2, 0) is 9.47 Å². The molecule has 1 heterocycles. The number of carbonyl (C=O) groups excluding carboxylic acids is 2. The van der Waals surface area contributed by atoms with Crippen molar-refractivity contribution in [3.8, 4) is 0 Å². The largest absolute Gasteiger partial charge is 0.462 e. The Morgan fingerprint density at radius 3 is 2.43 bits per heavy atom. The zero-order valence-corrected chi connectivity index (χ0v) is 16.2. The molecule has 9 heteroatoms. The molecule has 8 nitrogen and oxygen atoms in total. The van der Waals surface area contributed by atoms with Gasteiger partial charge >= 0.3 is 5.97 Å². The predicted molar refractivity (Wildman–Crippen MR) is 106 cm³/mol. The number of Topliss-reactive ketones (excluding diaryl/α,β-unsaturated/α-hetero) is 1. The first kappa shape index (κ1) is 21.4. The van der Waals surface area contributed by atoms with E-state index in [2.05, 4.69) is 0 Å². The number of esters is 1. The molecule has 0 radical (unpaired) electrons. The van der Waals surface area contributed by atoms with Crippen molar-refractivity contribution in [3.63, 3.8) is 0 Å². The maximum absolute atomic E-state index is 12.9. The highest BCUT2D eigenvalue weighted by atomic mass is 19.1. The fourth-order valence-corrected chi connectivity index (χ4v) is 3.13. The highest BCUT2D eigenvalue weighted by Gasteiger charge is 2.23. The summed E-state index contributed by atoms with van der Waals surface area (Å²) in [5, 5.41) is 11.5. The molecule has 0 unspecified atom stereocenters. The zero-order chi connectivity index (χ0) is 21.5. The van der Waals surface area contributed by atoms with Crippen molar-refractivity contribution in [3.05, 3.63) is 69.5 Å². The fraction of sp³-hybridized carbons (Fsp3) is 0.333. The lowest BCUT2D eigenvalue weighted by Crippen LogP contribution is -2.36. The molecule has 2 aromatic rings. The van der Waals surface area contributed by atoms with E-state index in [1.165, 1.54) is 42.5 Å². The average molecular weight is 416 g/mol. The topological polar surface area (TPSA) is 99.0 Å². The van der Waals surface area contributed by atoms with E-state index in [4.69, 9.17) is 9.47 Å². The summed E-state index contributed by atoms with van der Waals surface area (Å²) in [6.45, 7) is 2.03. The number of carbonyl (C=O) groups is 2. The van der Waals surface area contributed by atoms with Crippen molar-refractivity contribution in [2.75, 3.05) is 37.8 Å². The number of ketones is 1. The number of nitrogens with zero attached hydrogens (tertiary/aromatic N) is 2. The predicted octanol–water partition coefficient (Wildman–Crippen LogP) is 3.39. The van der Waals surface area contributed by atoms with E-state index in [9.17, 15) is 24.1 Å². The standard InChI is InChI=1S/C21H21FN2O6/c22-17-6-3-15(4-7-17)20(25)2-1-11-30-21(26)16-5-8-18(19(14-16)24(27)28)23-9-12-29-13-10-23/h3-8,14H,1-2,9-13H2. The SMILES string of the molecule is O=C(CCCOC(=O)c1ccc(N2CCOCC2)c([N+](=O)[O-])c1)c1ccc(F)cc1. The lowest BCUT2D eigenvalue weighted by molar-refractivity contribution is -0.384. The van der Waals surface area contributed by atoms with Crippen LogP contribution in [0.15, 0.2) is 42.5 Å². The average Bonchev–Trinajstić information content (AvgIpc) is 2.77. The summed E-state index contributed by atoms with van der Waals surface area (Å²) in [6.07, 6.45) is 0.422. The second kappa shape index (κ2) is 9.93. The lowest BCUT2D eigenvalue weighted by atomic mass is 10.1. The number of ether oxygens (including phenoxy) is 2. The number of anilines is 1. The number of hydrogen-bond donors (Lipinski definition) is 0. The normalized spacial score (nSPS) is 13.7. The third kappa shape index (κ3) is 5.38. The van der Waals surface area contributed by atoms with Gasteiger partial charge in [-0.05, 0) is 42.8 Å². The van der Waals surface area contributed by atoms with E-state index in [1.54, 1.807) is 0 Å².